The highest BCUT2D eigenvalue weighted by molar-refractivity contribution is 5.74. The monoisotopic (exact) mass is 349 g/mol. The van der Waals surface area contributed by atoms with Crippen LogP contribution in [0.4, 0.5) is 9.18 Å². The number of carbonyl (C=O) groups is 1. The summed E-state index contributed by atoms with van der Waals surface area (Å²) in [7, 11) is 0. The van der Waals surface area contributed by atoms with Crippen LogP contribution in [0.1, 0.15) is 49.4 Å². The zero-order valence-electron chi connectivity index (χ0n) is 15.1. The van der Waals surface area contributed by atoms with Gasteiger partial charge in [0.05, 0.1) is 17.8 Å². The summed E-state index contributed by atoms with van der Waals surface area (Å²) in [6.07, 6.45) is -0.102. The van der Waals surface area contributed by atoms with Gasteiger partial charge >= 0.3 is 6.03 Å². The topological polar surface area (TPSA) is 76.4 Å². The van der Waals surface area contributed by atoms with Crippen LogP contribution in [0.3, 0.4) is 0 Å². The first kappa shape index (κ1) is 18.8. The molecule has 2 aromatic rings. The lowest BCUT2D eigenvalue weighted by Gasteiger charge is -2.15. The van der Waals surface area contributed by atoms with Crippen LogP contribution in [0.2, 0.25) is 0 Å². The highest BCUT2D eigenvalue weighted by atomic mass is 19.1. The van der Waals surface area contributed by atoms with Crippen molar-refractivity contribution in [2.75, 3.05) is 0 Å². The lowest BCUT2D eigenvalue weighted by Crippen LogP contribution is -2.36. The highest BCUT2D eigenvalue weighted by Gasteiger charge is 2.18. The molecule has 6 nitrogen and oxygen atoms in total. The Labute approximate surface area is 146 Å². The Morgan fingerprint density at radius 2 is 2.04 bits per heavy atom. The Balaban J connectivity index is 1.90. The predicted molar refractivity (Wildman–Crippen MR) is 91.9 cm³/mol. The van der Waals surface area contributed by atoms with Crippen molar-refractivity contribution in [1.82, 2.24) is 15.8 Å². The van der Waals surface area contributed by atoms with Gasteiger partial charge in [-0.25, -0.2) is 9.18 Å². The van der Waals surface area contributed by atoms with E-state index in [1.165, 1.54) is 6.07 Å². The minimum atomic E-state index is -0.447. The van der Waals surface area contributed by atoms with Crippen LogP contribution in [0.5, 0.6) is 5.75 Å². The maximum atomic E-state index is 13.9. The van der Waals surface area contributed by atoms with E-state index in [1.807, 2.05) is 27.7 Å². The molecule has 7 heteroatoms. The molecule has 0 bridgehead atoms. The summed E-state index contributed by atoms with van der Waals surface area (Å²) in [5.74, 6) is 0.431. The second kappa shape index (κ2) is 8.00. The van der Waals surface area contributed by atoms with Crippen molar-refractivity contribution in [1.29, 1.82) is 0 Å². The number of carbonyl (C=O) groups excluding carboxylic acids is 1. The van der Waals surface area contributed by atoms with Gasteiger partial charge in [0.25, 0.3) is 0 Å². The zero-order chi connectivity index (χ0) is 18.6. The van der Waals surface area contributed by atoms with Crippen LogP contribution >= 0.6 is 0 Å². The predicted octanol–water partition coefficient (Wildman–Crippen LogP) is 3.78. The maximum Gasteiger partial charge on any atom is 0.315 e. The summed E-state index contributed by atoms with van der Waals surface area (Å²) < 4.78 is 24.4. The molecule has 0 spiro atoms. The summed E-state index contributed by atoms with van der Waals surface area (Å²) in [5, 5.41) is 9.40. The molecule has 2 N–H and O–H groups in total. The van der Waals surface area contributed by atoms with E-state index in [4.69, 9.17) is 9.26 Å². The maximum absolute atomic E-state index is 13.9. The van der Waals surface area contributed by atoms with E-state index in [9.17, 15) is 9.18 Å². The average Bonchev–Trinajstić information content (AvgIpc) is 2.86. The summed E-state index contributed by atoms with van der Waals surface area (Å²) >= 11 is 0. The smallest absolute Gasteiger partial charge is 0.315 e. The van der Waals surface area contributed by atoms with Crippen molar-refractivity contribution in [3.63, 3.8) is 0 Å². The fourth-order valence-electron chi connectivity index (χ4n) is 2.61. The molecule has 2 rings (SSSR count). The van der Waals surface area contributed by atoms with Gasteiger partial charge in [-0.3, -0.25) is 0 Å². The van der Waals surface area contributed by atoms with Crippen LogP contribution in [0, 0.1) is 19.7 Å². The minimum Gasteiger partial charge on any atom is -0.488 e. The highest BCUT2D eigenvalue weighted by Crippen LogP contribution is 2.21. The van der Waals surface area contributed by atoms with E-state index < -0.39 is 5.82 Å². The van der Waals surface area contributed by atoms with E-state index in [2.05, 4.69) is 15.8 Å². The molecule has 0 aliphatic rings. The number of nitrogens with one attached hydrogen (secondary N) is 2. The van der Waals surface area contributed by atoms with Gasteiger partial charge in [-0.05, 0) is 52.3 Å². The van der Waals surface area contributed by atoms with Gasteiger partial charge in [-0.2, -0.15) is 0 Å². The van der Waals surface area contributed by atoms with Crippen molar-refractivity contribution < 1.29 is 18.4 Å². The molecular weight excluding hydrogens is 325 g/mol. The Hall–Kier alpha value is -2.57. The number of urea groups is 1. The molecule has 1 aromatic carbocycles. The first-order valence-corrected chi connectivity index (χ1v) is 8.20. The number of hydrogen-bond donors (Lipinski definition) is 2. The third-order valence-corrected chi connectivity index (χ3v) is 3.68. The number of halogens is 1. The van der Waals surface area contributed by atoms with Crippen molar-refractivity contribution in [3.8, 4) is 5.75 Å². The van der Waals surface area contributed by atoms with Gasteiger partial charge in [0.15, 0.2) is 11.6 Å². The minimum absolute atomic E-state index is 0.102. The number of nitrogens with zero attached hydrogens (tertiary/aromatic N) is 1. The van der Waals surface area contributed by atoms with Crippen molar-refractivity contribution in [2.45, 2.75) is 53.3 Å². The molecule has 0 fully saturated rings. The third kappa shape index (κ3) is 4.95. The number of ether oxygens (including phenoxy) is 1. The second-order valence-electron chi connectivity index (χ2n) is 6.22. The summed E-state index contributed by atoms with van der Waals surface area (Å²) in [6.45, 7) is 9.35. The standard InChI is InChI=1S/C18H24FN3O3/c1-10(2)24-16-7-6-14(8-15(16)19)9-20-18(23)21-11(3)17-12(4)22-25-13(17)5/h6-8,10-11H,9H2,1-5H3,(H2,20,21,23)/t11-/m1/s1. The lowest BCUT2D eigenvalue weighted by molar-refractivity contribution is 0.231. The molecule has 0 unspecified atom stereocenters. The van der Waals surface area contributed by atoms with Crippen LogP contribution in [0.25, 0.3) is 0 Å². The first-order valence-electron chi connectivity index (χ1n) is 8.20. The molecule has 1 atom stereocenters. The molecule has 0 saturated carbocycles. The molecule has 1 heterocycles. The average molecular weight is 349 g/mol. The number of hydrogen-bond acceptors (Lipinski definition) is 4. The van der Waals surface area contributed by atoms with Gasteiger partial charge in [0.2, 0.25) is 0 Å². The van der Waals surface area contributed by atoms with E-state index in [0.29, 0.717) is 11.3 Å². The van der Waals surface area contributed by atoms with Crippen molar-refractivity contribution >= 4 is 6.03 Å². The van der Waals surface area contributed by atoms with Gasteiger partial charge in [0.1, 0.15) is 5.76 Å². The van der Waals surface area contributed by atoms with Crippen LogP contribution < -0.4 is 15.4 Å². The van der Waals surface area contributed by atoms with Crippen LogP contribution in [-0.2, 0) is 6.54 Å². The number of benzene rings is 1. The molecule has 0 saturated heterocycles. The molecule has 0 aliphatic carbocycles. The molecule has 0 radical (unpaired) electrons. The van der Waals surface area contributed by atoms with Gasteiger partial charge < -0.3 is 19.9 Å². The van der Waals surface area contributed by atoms with Crippen molar-refractivity contribution in [3.05, 3.63) is 46.6 Å². The molecule has 25 heavy (non-hydrogen) atoms. The van der Waals surface area contributed by atoms with Crippen molar-refractivity contribution in [2.24, 2.45) is 0 Å². The van der Waals surface area contributed by atoms with E-state index in [-0.39, 0.29) is 30.5 Å². The summed E-state index contributed by atoms with van der Waals surface area (Å²) in [5.41, 5.74) is 2.25. The quantitative estimate of drug-likeness (QED) is 0.832. The fourth-order valence-corrected chi connectivity index (χ4v) is 2.61. The van der Waals surface area contributed by atoms with E-state index in [0.717, 1.165) is 11.3 Å². The molecular formula is C18H24FN3O3. The van der Waals surface area contributed by atoms with Gasteiger partial charge in [-0.1, -0.05) is 11.2 Å². The number of aromatic nitrogens is 1. The fraction of sp³-hybridized carbons (Fsp3) is 0.444. The summed E-state index contributed by atoms with van der Waals surface area (Å²) in [4.78, 5) is 12.1. The summed E-state index contributed by atoms with van der Waals surface area (Å²) in [6, 6.07) is 4.05. The normalized spacial score (nSPS) is 12.1. The number of aryl methyl sites for hydroxylation is 2. The van der Waals surface area contributed by atoms with Crippen LogP contribution in [0.15, 0.2) is 22.7 Å². The third-order valence-electron chi connectivity index (χ3n) is 3.68. The van der Waals surface area contributed by atoms with Gasteiger partial charge in [0, 0.05) is 12.1 Å². The van der Waals surface area contributed by atoms with Crippen LogP contribution in [-0.4, -0.2) is 17.3 Å². The second-order valence-corrected chi connectivity index (χ2v) is 6.22. The zero-order valence-corrected chi connectivity index (χ0v) is 15.1. The van der Waals surface area contributed by atoms with E-state index >= 15 is 0 Å². The Bertz CT molecular complexity index is 724. The number of rotatable bonds is 6. The Kier molecular flexibility index (Phi) is 6.01. The molecule has 2 amide bonds. The molecule has 0 aliphatic heterocycles. The number of amides is 2. The molecule has 1 aromatic heterocycles. The SMILES string of the molecule is Cc1noc(C)c1[C@@H](C)NC(=O)NCc1ccc(OC(C)C)c(F)c1. The van der Waals surface area contributed by atoms with Gasteiger partial charge in [-0.15, -0.1) is 0 Å². The Morgan fingerprint density at radius 3 is 2.60 bits per heavy atom. The largest absolute Gasteiger partial charge is 0.488 e. The molecule has 136 valence electrons. The lowest BCUT2D eigenvalue weighted by atomic mass is 10.1. The first-order chi connectivity index (χ1) is 11.8. The van der Waals surface area contributed by atoms with E-state index in [1.54, 1.807) is 19.1 Å². The Morgan fingerprint density at radius 1 is 1.32 bits per heavy atom.